The number of nitriles is 1. The molecule has 0 aliphatic carbocycles. The second-order valence-electron chi connectivity index (χ2n) is 6.96. The highest BCUT2D eigenvalue weighted by Gasteiger charge is 2.19. The number of hydrogen-bond donors (Lipinski definition) is 0. The first-order valence-corrected chi connectivity index (χ1v) is 9.14. The lowest BCUT2D eigenvalue weighted by Gasteiger charge is -2.19. The molecule has 132 valence electrons. The molecule has 0 unspecified atom stereocenters. The van der Waals surface area contributed by atoms with Crippen molar-refractivity contribution in [1.82, 2.24) is 9.55 Å². The van der Waals surface area contributed by atoms with E-state index in [2.05, 4.69) is 59.2 Å². The van der Waals surface area contributed by atoms with Crippen LogP contribution in [0.4, 0.5) is 0 Å². The Morgan fingerprint density at radius 1 is 0.963 bits per heavy atom. The van der Waals surface area contributed by atoms with Crippen LogP contribution in [-0.2, 0) is 6.54 Å². The highest BCUT2D eigenvalue weighted by atomic mass is 15.0. The maximum Gasteiger partial charge on any atom is 0.141 e. The van der Waals surface area contributed by atoms with Crippen molar-refractivity contribution < 1.29 is 0 Å². The fourth-order valence-corrected chi connectivity index (χ4v) is 3.83. The van der Waals surface area contributed by atoms with Crippen LogP contribution in [0.25, 0.3) is 11.0 Å². The molecule has 4 aromatic rings. The Kier molecular flexibility index (Phi) is 4.48. The van der Waals surface area contributed by atoms with Gasteiger partial charge in [0.2, 0.25) is 0 Å². The summed E-state index contributed by atoms with van der Waals surface area (Å²) in [5, 5.41) is 10.6. The monoisotopic (exact) mass is 351 g/mol. The second kappa shape index (κ2) is 7.09. The van der Waals surface area contributed by atoms with Crippen molar-refractivity contribution in [1.29, 1.82) is 5.26 Å². The van der Waals surface area contributed by atoms with Crippen LogP contribution in [0, 0.1) is 25.2 Å². The van der Waals surface area contributed by atoms with Crippen LogP contribution in [0.15, 0.2) is 72.9 Å². The lowest BCUT2D eigenvalue weighted by Crippen LogP contribution is -2.11. The van der Waals surface area contributed by atoms with Gasteiger partial charge in [-0.1, -0.05) is 60.7 Å². The van der Waals surface area contributed by atoms with E-state index in [1.54, 1.807) is 0 Å². The van der Waals surface area contributed by atoms with Crippen molar-refractivity contribution in [3.05, 3.63) is 101 Å². The third kappa shape index (κ3) is 3.22. The van der Waals surface area contributed by atoms with Crippen molar-refractivity contribution in [3.8, 4) is 6.07 Å². The van der Waals surface area contributed by atoms with Gasteiger partial charge in [-0.2, -0.15) is 5.26 Å². The van der Waals surface area contributed by atoms with Gasteiger partial charge in [0, 0.05) is 29.7 Å². The number of benzene rings is 2. The zero-order valence-electron chi connectivity index (χ0n) is 15.6. The number of hydrogen-bond acceptors (Lipinski definition) is 2. The van der Waals surface area contributed by atoms with Crippen molar-refractivity contribution in [2.75, 3.05) is 0 Å². The topological polar surface area (TPSA) is 41.6 Å². The summed E-state index contributed by atoms with van der Waals surface area (Å²) in [4.78, 5) is 4.76. The molecule has 0 aliphatic rings. The van der Waals surface area contributed by atoms with E-state index in [0.29, 0.717) is 5.56 Å². The summed E-state index contributed by atoms with van der Waals surface area (Å²) in [6, 6.07) is 25.4. The van der Waals surface area contributed by atoms with E-state index in [9.17, 15) is 5.26 Å². The minimum Gasteiger partial charge on any atom is -0.330 e. The van der Waals surface area contributed by atoms with E-state index in [1.807, 2.05) is 38.2 Å². The molecular formula is C24H21N3. The second-order valence-corrected chi connectivity index (χ2v) is 6.96. The molecule has 2 aromatic heterocycles. The molecule has 3 heteroatoms. The lowest BCUT2D eigenvalue weighted by atomic mass is 9.91. The average molecular weight is 351 g/mol. The van der Waals surface area contributed by atoms with Crippen LogP contribution >= 0.6 is 0 Å². The molecule has 2 aromatic carbocycles. The number of rotatable bonds is 4. The van der Waals surface area contributed by atoms with Crippen molar-refractivity contribution in [2.24, 2.45) is 0 Å². The fraction of sp³-hybridized carbons (Fsp3) is 0.167. The van der Waals surface area contributed by atoms with Gasteiger partial charge in [-0.3, -0.25) is 0 Å². The van der Waals surface area contributed by atoms with Crippen molar-refractivity contribution in [2.45, 2.75) is 26.3 Å². The molecule has 0 N–H and O–H groups in total. The zero-order valence-corrected chi connectivity index (χ0v) is 15.6. The van der Waals surface area contributed by atoms with Crippen LogP contribution in [0.2, 0.25) is 0 Å². The van der Waals surface area contributed by atoms with Crippen LogP contribution in [-0.4, -0.2) is 9.55 Å². The van der Waals surface area contributed by atoms with Crippen LogP contribution < -0.4 is 0 Å². The maximum absolute atomic E-state index is 9.62. The summed E-state index contributed by atoms with van der Waals surface area (Å²) in [5.41, 5.74) is 6.17. The third-order valence-corrected chi connectivity index (χ3v) is 5.06. The number of nitrogens with zero attached hydrogens (tertiary/aromatic N) is 3. The Labute approximate surface area is 159 Å². The van der Waals surface area contributed by atoms with Crippen molar-refractivity contribution >= 4 is 11.0 Å². The van der Waals surface area contributed by atoms with E-state index in [1.165, 1.54) is 11.1 Å². The molecule has 27 heavy (non-hydrogen) atoms. The smallest absolute Gasteiger partial charge is 0.141 e. The highest BCUT2D eigenvalue weighted by molar-refractivity contribution is 5.86. The molecule has 0 aliphatic heterocycles. The zero-order chi connectivity index (χ0) is 18.8. The normalized spacial score (nSPS) is 11.0. The third-order valence-electron chi connectivity index (χ3n) is 5.06. The molecule has 0 saturated heterocycles. The predicted octanol–water partition coefficient (Wildman–Crippen LogP) is 5.36. The van der Waals surface area contributed by atoms with Gasteiger partial charge >= 0.3 is 0 Å². The minimum atomic E-state index is 0.192. The molecular weight excluding hydrogens is 330 g/mol. The van der Waals surface area contributed by atoms with Gasteiger partial charge < -0.3 is 4.57 Å². The molecule has 0 saturated carbocycles. The summed E-state index contributed by atoms with van der Waals surface area (Å²) >= 11 is 0. The number of fused-ring (bicyclic) bond motifs is 1. The fourth-order valence-electron chi connectivity index (χ4n) is 3.83. The molecule has 0 amide bonds. The van der Waals surface area contributed by atoms with Crippen LogP contribution in [0.5, 0.6) is 0 Å². The number of aromatic nitrogens is 2. The van der Waals surface area contributed by atoms with Crippen molar-refractivity contribution in [3.63, 3.8) is 0 Å². The summed E-state index contributed by atoms with van der Waals surface area (Å²) < 4.78 is 2.14. The van der Waals surface area contributed by atoms with Gasteiger partial charge in [0.1, 0.15) is 11.7 Å². The lowest BCUT2D eigenvalue weighted by molar-refractivity contribution is 0.638. The molecule has 0 bridgehead atoms. The Hall–Kier alpha value is -3.38. The molecule has 2 heterocycles. The molecule has 0 atom stereocenters. The van der Waals surface area contributed by atoms with Gasteiger partial charge in [-0.25, -0.2) is 4.98 Å². The summed E-state index contributed by atoms with van der Waals surface area (Å²) in [6.45, 7) is 4.79. The van der Waals surface area contributed by atoms with E-state index in [0.717, 1.165) is 28.8 Å². The van der Waals surface area contributed by atoms with Crippen LogP contribution in [0.1, 0.15) is 33.9 Å². The van der Waals surface area contributed by atoms with Gasteiger partial charge in [0.25, 0.3) is 0 Å². The minimum absolute atomic E-state index is 0.192. The standard InChI is InChI=1S/C24H21N3/c1-17-13-18(2)26-24-23(17)21(14-25)15-27(24)16-22(19-9-5-3-6-10-19)20-11-7-4-8-12-20/h3-13,15,22H,16H2,1-2H3. The number of pyridine rings is 1. The van der Waals surface area contributed by atoms with Gasteiger partial charge in [-0.05, 0) is 36.6 Å². The van der Waals surface area contributed by atoms with E-state index in [4.69, 9.17) is 4.98 Å². The molecule has 3 nitrogen and oxygen atoms in total. The Morgan fingerprint density at radius 2 is 1.56 bits per heavy atom. The SMILES string of the molecule is Cc1cc(C)c2c(C#N)cn(CC(c3ccccc3)c3ccccc3)c2n1. The average Bonchev–Trinajstić information content (AvgIpc) is 3.05. The highest BCUT2D eigenvalue weighted by Crippen LogP contribution is 2.30. The Morgan fingerprint density at radius 3 is 2.11 bits per heavy atom. The van der Waals surface area contributed by atoms with Gasteiger partial charge in [-0.15, -0.1) is 0 Å². The predicted molar refractivity (Wildman–Crippen MR) is 109 cm³/mol. The summed E-state index contributed by atoms with van der Waals surface area (Å²) in [6.07, 6.45) is 1.95. The Balaban J connectivity index is 1.86. The first kappa shape index (κ1) is 17.1. The first-order valence-electron chi connectivity index (χ1n) is 9.14. The van der Waals surface area contributed by atoms with E-state index < -0.39 is 0 Å². The largest absolute Gasteiger partial charge is 0.330 e. The molecule has 0 fully saturated rings. The summed E-state index contributed by atoms with van der Waals surface area (Å²) in [5.74, 6) is 0.192. The first-order chi connectivity index (χ1) is 13.2. The van der Waals surface area contributed by atoms with E-state index in [-0.39, 0.29) is 5.92 Å². The molecule has 4 rings (SSSR count). The van der Waals surface area contributed by atoms with Gasteiger partial charge in [0.15, 0.2) is 0 Å². The van der Waals surface area contributed by atoms with E-state index >= 15 is 0 Å². The Bertz CT molecular complexity index is 1080. The van der Waals surface area contributed by atoms with Crippen LogP contribution in [0.3, 0.4) is 0 Å². The molecule has 0 radical (unpaired) electrons. The maximum atomic E-state index is 9.62. The molecule has 0 spiro atoms. The quantitative estimate of drug-likeness (QED) is 0.497. The summed E-state index contributed by atoms with van der Waals surface area (Å²) in [7, 11) is 0. The van der Waals surface area contributed by atoms with Gasteiger partial charge in [0.05, 0.1) is 5.56 Å². The number of aryl methyl sites for hydroxylation is 2.